The Hall–Kier alpha value is -2.02. The standard InChI is InChI=1S/C14H16F3N3O/c1-9-8-11(20(3)19-9)13(18-2)10-6-4-5-7-12(10)21-14(15,16)17/h4-8,13,18H,1-3H3. The van der Waals surface area contributed by atoms with E-state index in [2.05, 4.69) is 15.2 Å². The molecule has 0 saturated carbocycles. The Labute approximate surface area is 120 Å². The molecule has 0 bridgehead atoms. The molecule has 1 unspecified atom stereocenters. The molecule has 1 aromatic carbocycles. The van der Waals surface area contributed by atoms with Crippen molar-refractivity contribution in [2.75, 3.05) is 7.05 Å². The van der Waals surface area contributed by atoms with Crippen molar-refractivity contribution in [3.63, 3.8) is 0 Å². The summed E-state index contributed by atoms with van der Waals surface area (Å²) in [5, 5.41) is 7.23. The van der Waals surface area contributed by atoms with Gasteiger partial charge in [0, 0.05) is 12.6 Å². The van der Waals surface area contributed by atoms with E-state index in [1.807, 2.05) is 13.0 Å². The van der Waals surface area contributed by atoms with E-state index in [-0.39, 0.29) is 5.75 Å². The summed E-state index contributed by atoms with van der Waals surface area (Å²) >= 11 is 0. The lowest BCUT2D eigenvalue weighted by atomic mass is 10.0. The third-order valence-corrected chi connectivity index (χ3v) is 3.08. The number of aryl methyl sites for hydroxylation is 2. The molecule has 0 aliphatic rings. The highest BCUT2D eigenvalue weighted by molar-refractivity contribution is 5.40. The molecule has 0 spiro atoms. The number of hydrogen-bond donors (Lipinski definition) is 1. The van der Waals surface area contributed by atoms with Gasteiger partial charge in [0.05, 0.1) is 17.4 Å². The number of ether oxygens (including phenoxy) is 1. The third-order valence-electron chi connectivity index (χ3n) is 3.08. The molecule has 0 aliphatic carbocycles. The smallest absolute Gasteiger partial charge is 0.405 e. The van der Waals surface area contributed by atoms with Gasteiger partial charge in [-0.15, -0.1) is 13.2 Å². The second kappa shape index (κ2) is 5.77. The molecule has 0 aliphatic heterocycles. The number of aromatic nitrogens is 2. The molecule has 1 aromatic heterocycles. The monoisotopic (exact) mass is 299 g/mol. The van der Waals surface area contributed by atoms with Gasteiger partial charge in [-0.2, -0.15) is 5.10 Å². The Bertz CT molecular complexity index is 622. The van der Waals surface area contributed by atoms with Crippen LogP contribution >= 0.6 is 0 Å². The maximum Gasteiger partial charge on any atom is 0.573 e. The van der Waals surface area contributed by atoms with Crippen LogP contribution in [0.15, 0.2) is 30.3 Å². The van der Waals surface area contributed by atoms with Crippen LogP contribution < -0.4 is 10.1 Å². The van der Waals surface area contributed by atoms with Crippen LogP contribution in [0.2, 0.25) is 0 Å². The molecule has 2 aromatic rings. The van der Waals surface area contributed by atoms with Crippen molar-refractivity contribution in [3.8, 4) is 5.75 Å². The Morgan fingerprint density at radius 1 is 1.29 bits per heavy atom. The molecule has 0 saturated heterocycles. The number of rotatable bonds is 4. The number of alkyl halides is 3. The van der Waals surface area contributed by atoms with Gasteiger partial charge in [-0.25, -0.2) is 0 Å². The lowest BCUT2D eigenvalue weighted by molar-refractivity contribution is -0.275. The quantitative estimate of drug-likeness (QED) is 0.943. The van der Waals surface area contributed by atoms with Gasteiger partial charge in [-0.3, -0.25) is 4.68 Å². The van der Waals surface area contributed by atoms with Crippen molar-refractivity contribution < 1.29 is 17.9 Å². The summed E-state index contributed by atoms with van der Waals surface area (Å²) < 4.78 is 43.3. The van der Waals surface area contributed by atoms with E-state index in [0.717, 1.165) is 11.4 Å². The van der Waals surface area contributed by atoms with Gasteiger partial charge in [-0.05, 0) is 26.1 Å². The zero-order chi connectivity index (χ0) is 15.6. The lowest BCUT2D eigenvalue weighted by Crippen LogP contribution is -2.24. The summed E-state index contributed by atoms with van der Waals surface area (Å²) in [6, 6.07) is 7.46. The first-order valence-electron chi connectivity index (χ1n) is 6.34. The minimum Gasteiger partial charge on any atom is -0.405 e. The predicted octanol–water partition coefficient (Wildman–Crippen LogP) is 2.94. The molecule has 114 valence electrons. The number of nitrogens with one attached hydrogen (secondary N) is 1. The van der Waals surface area contributed by atoms with Gasteiger partial charge in [-0.1, -0.05) is 18.2 Å². The van der Waals surface area contributed by atoms with Crippen LogP contribution in [0.3, 0.4) is 0 Å². The van der Waals surface area contributed by atoms with Crippen LogP contribution in [0.5, 0.6) is 5.75 Å². The van der Waals surface area contributed by atoms with Gasteiger partial charge >= 0.3 is 6.36 Å². The second-order valence-electron chi connectivity index (χ2n) is 4.64. The lowest BCUT2D eigenvalue weighted by Gasteiger charge is -2.21. The van der Waals surface area contributed by atoms with Crippen molar-refractivity contribution in [3.05, 3.63) is 47.3 Å². The first-order chi connectivity index (χ1) is 9.81. The molecule has 0 fully saturated rings. The Balaban J connectivity index is 2.46. The molecule has 0 radical (unpaired) electrons. The molecule has 1 N–H and O–H groups in total. The number of hydrogen-bond acceptors (Lipinski definition) is 3. The largest absolute Gasteiger partial charge is 0.573 e. The van der Waals surface area contributed by atoms with Gasteiger partial charge in [0.15, 0.2) is 0 Å². The maximum absolute atomic E-state index is 12.5. The molecular weight excluding hydrogens is 283 g/mol. The van der Waals surface area contributed by atoms with E-state index < -0.39 is 12.4 Å². The Morgan fingerprint density at radius 3 is 2.48 bits per heavy atom. The molecule has 1 atom stereocenters. The predicted molar refractivity (Wildman–Crippen MR) is 72.0 cm³/mol. The number of nitrogens with zero attached hydrogens (tertiary/aromatic N) is 2. The average Bonchev–Trinajstić information content (AvgIpc) is 2.70. The van der Waals surface area contributed by atoms with Gasteiger partial charge in [0.25, 0.3) is 0 Å². The summed E-state index contributed by atoms with van der Waals surface area (Å²) in [4.78, 5) is 0. The second-order valence-corrected chi connectivity index (χ2v) is 4.64. The van der Waals surface area contributed by atoms with E-state index in [4.69, 9.17) is 0 Å². The van der Waals surface area contributed by atoms with Crippen molar-refractivity contribution >= 4 is 0 Å². The van der Waals surface area contributed by atoms with E-state index in [0.29, 0.717) is 5.56 Å². The van der Waals surface area contributed by atoms with Crippen LogP contribution in [-0.4, -0.2) is 23.2 Å². The number of para-hydroxylation sites is 1. The first kappa shape index (κ1) is 15.4. The molecule has 7 heteroatoms. The summed E-state index contributed by atoms with van der Waals surface area (Å²) in [5.74, 6) is -0.219. The zero-order valence-electron chi connectivity index (χ0n) is 11.9. The SMILES string of the molecule is CNC(c1ccccc1OC(F)(F)F)c1cc(C)nn1C. The van der Waals surface area contributed by atoms with Crippen LogP contribution in [-0.2, 0) is 7.05 Å². The summed E-state index contributed by atoms with van der Waals surface area (Å²) in [6.45, 7) is 1.83. The maximum atomic E-state index is 12.5. The number of halogens is 3. The fourth-order valence-corrected chi connectivity index (χ4v) is 2.30. The highest BCUT2D eigenvalue weighted by Gasteiger charge is 2.33. The first-order valence-corrected chi connectivity index (χ1v) is 6.34. The molecule has 1 heterocycles. The highest BCUT2D eigenvalue weighted by atomic mass is 19.4. The van der Waals surface area contributed by atoms with Crippen LogP contribution in [0, 0.1) is 6.92 Å². The molecule has 0 amide bonds. The molecule has 4 nitrogen and oxygen atoms in total. The zero-order valence-corrected chi connectivity index (χ0v) is 11.9. The number of benzene rings is 1. The molecular formula is C14H16F3N3O. The van der Waals surface area contributed by atoms with E-state index >= 15 is 0 Å². The average molecular weight is 299 g/mol. The highest BCUT2D eigenvalue weighted by Crippen LogP contribution is 2.33. The van der Waals surface area contributed by atoms with Crippen molar-refractivity contribution in [2.45, 2.75) is 19.3 Å². The van der Waals surface area contributed by atoms with E-state index in [9.17, 15) is 13.2 Å². The van der Waals surface area contributed by atoms with Crippen molar-refractivity contribution in [1.82, 2.24) is 15.1 Å². The summed E-state index contributed by atoms with van der Waals surface area (Å²) in [5.41, 5.74) is 1.95. The van der Waals surface area contributed by atoms with E-state index in [1.54, 1.807) is 30.9 Å². The Morgan fingerprint density at radius 2 is 1.95 bits per heavy atom. The Kier molecular flexibility index (Phi) is 4.22. The molecule has 21 heavy (non-hydrogen) atoms. The fourth-order valence-electron chi connectivity index (χ4n) is 2.30. The van der Waals surface area contributed by atoms with Gasteiger partial charge in [0.1, 0.15) is 5.75 Å². The summed E-state index contributed by atoms with van der Waals surface area (Å²) in [6.07, 6.45) is -4.73. The van der Waals surface area contributed by atoms with Crippen LogP contribution in [0.4, 0.5) is 13.2 Å². The minimum atomic E-state index is -4.73. The van der Waals surface area contributed by atoms with Gasteiger partial charge in [0.2, 0.25) is 0 Å². The van der Waals surface area contributed by atoms with Crippen LogP contribution in [0.1, 0.15) is 23.0 Å². The topological polar surface area (TPSA) is 39.1 Å². The minimum absolute atomic E-state index is 0.219. The fraction of sp³-hybridized carbons (Fsp3) is 0.357. The van der Waals surface area contributed by atoms with Crippen LogP contribution in [0.25, 0.3) is 0 Å². The van der Waals surface area contributed by atoms with E-state index in [1.165, 1.54) is 12.1 Å². The third kappa shape index (κ3) is 3.55. The van der Waals surface area contributed by atoms with Crippen molar-refractivity contribution in [2.24, 2.45) is 7.05 Å². The normalized spacial score (nSPS) is 13.2. The van der Waals surface area contributed by atoms with Crippen molar-refractivity contribution in [1.29, 1.82) is 0 Å². The molecule has 2 rings (SSSR count). The summed E-state index contributed by atoms with van der Waals surface area (Å²) in [7, 11) is 3.43. The van der Waals surface area contributed by atoms with Gasteiger partial charge < -0.3 is 10.1 Å².